The van der Waals surface area contributed by atoms with Gasteiger partial charge in [-0.2, -0.15) is 0 Å². The molecule has 0 radical (unpaired) electrons. The molecule has 1 heterocycles. The Labute approximate surface area is 159 Å². The van der Waals surface area contributed by atoms with E-state index in [0.29, 0.717) is 6.54 Å². The Kier molecular flexibility index (Phi) is 5.96. The summed E-state index contributed by atoms with van der Waals surface area (Å²) in [5, 5.41) is 10.0. The average Bonchev–Trinajstić information content (AvgIpc) is 2.67. The molecule has 6 heteroatoms. The summed E-state index contributed by atoms with van der Waals surface area (Å²) in [4.78, 5) is 18.7. The molecule has 1 aliphatic heterocycles. The van der Waals surface area contributed by atoms with Crippen LogP contribution in [-0.4, -0.2) is 60.1 Å². The topological polar surface area (TPSA) is 47.0 Å². The van der Waals surface area contributed by atoms with Crippen LogP contribution in [0, 0.1) is 5.82 Å². The van der Waals surface area contributed by atoms with Crippen molar-refractivity contribution >= 4 is 11.6 Å². The highest BCUT2D eigenvalue weighted by Crippen LogP contribution is 2.27. The van der Waals surface area contributed by atoms with Gasteiger partial charge in [0.2, 0.25) is 5.91 Å². The number of phenolic OH excluding ortho intramolecular Hbond substituents is 1. The minimum atomic E-state index is -0.290. The van der Waals surface area contributed by atoms with Gasteiger partial charge < -0.3 is 14.9 Å². The molecular weight excluding hydrogens is 345 g/mol. The van der Waals surface area contributed by atoms with Crippen LogP contribution in [0.2, 0.25) is 0 Å². The number of phenols is 1. The molecule has 0 aromatic heterocycles. The molecule has 3 rings (SSSR count). The summed E-state index contributed by atoms with van der Waals surface area (Å²) in [5.41, 5.74) is 1.61. The number of amides is 1. The van der Waals surface area contributed by atoms with E-state index in [9.17, 15) is 14.3 Å². The van der Waals surface area contributed by atoms with Crippen molar-refractivity contribution in [2.45, 2.75) is 19.5 Å². The smallest absolute Gasteiger partial charge is 0.239 e. The number of hydrogen-bond donors (Lipinski definition) is 1. The van der Waals surface area contributed by atoms with Crippen LogP contribution in [0.1, 0.15) is 12.5 Å². The van der Waals surface area contributed by atoms with Gasteiger partial charge in [-0.1, -0.05) is 24.3 Å². The largest absolute Gasteiger partial charge is 0.506 e. The minimum absolute atomic E-state index is 0.0234. The van der Waals surface area contributed by atoms with Crippen LogP contribution in [0.4, 0.5) is 10.1 Å². The molecule has 2 aromatic carbocycles. The average molecular weight is 371 g/mol. The van der Waals surface area contributed by atoms with Gasteiger partial charge in [0.1, 0.15) is 11.6 Å². The van der Waals surface area contributed by atoms with Crippen molar-refractivity contribution in [1.29, 1.82) is 0 Å². The summed E-state index contributed by atoms with van der Waals surface area (Å²) >= 11 is 0. The number of hydrogen-bond acceptors (Lipinski definition) is 4. The lowest BCUT2D eigenvalue weighted by atomic mass is 10.1. The summed E-state index contributed by atoms with van der Waals surface area (Å²) in [6.07, 6.45) is 0. The molecule has 1 amide bonds. The SMILES string of the molecule is C[C@@H](C(=O)N(C)Cc1cccc(F)c1)N1CCN(c2ccccc2O)CC1. The predicted molar refractivity (Wildman–Crippen MR) is 104 cm³/mol. The zero-order valence-corrected chi connectivity index (χ0v) is 15.8. The lowest BCUT2D eigenvalue weighted by Crippen LogP contribution is -2.54. The van der Waals surface area contributed by atoms with Gasteiger partial charge in [0, 0.05) is 39.8 Å². The first kappa shape index (κ1) is 19.2. The molecule has 1 fully saturated rings. The van der Waals surface area contributed by atoms with Crippen molar-refractivity contribution in [2.75, 3.05) is 38.1 Å². The standard InChI is InChI=1S/C21H26FN3O2/c1-16(21(27)23(2)15-17-6-5-7-18(22)14-17)24-10-12-25(13-11-24)19-8-3-4-9-20(19)26/h3-9,14,16,26H,10-13,15H2,1-2H3/t16-/m0/s1. The second kappa shape index (κ2) is 8.39. The van der Waals surface area contributed by atoms with Gasteiger partial charge in [-0.05, 0) is 36.8 Å². The Morgan fingerprint density at radius 1 is 1.15 bits per heavy atom. The van der Waals surface area contributed by atoms with Crippen molar-refractivity contribution in [1.82, 2.24) is 9.80 Å². The second-order valence-corrected chi connectivity index (χ2v) is 7.01. The van der Waals surface area contributed by atoms with E-state index in [-0.39, 0.29) is 23.5 Å². The van der Waals surface area contributed by atoms with E-state index in [1.165, 1.54) is 12.1 Å². The highest BCUT2D eigenvalue weighted by Gasteiger charge is 2.28. The fourth-order valence-electron chi connectivity index (χ4n) is 3.54. The Morgan fingerprint density at radius 3 is 2.52 bits per heavy atom. The van der Waals surface area contributed by atoms with Crippen molar-refractivity contribution in [3.8, 4) is 5.75 Å². The van der Waals surface area contributed by atoms with Crippen LogP contribution in [0.3, 0.4) is 0 Å². The van der Waals surface area contributed by atoms with E-state index < -0.39 is 0 Å². The summed E-state index contributed by atoms with van der Waals surface area (Å²) in [6.45, 7) is 5.30. The number of benzene rings is 2. The molecule has 0 saturated carbocycles. The molecule has 27 heavy (non-hydrogen) atoms. The minimum Gasteiger partial charge on any atom is -0.506 e. The zero-order chi connectivity index (χ0) is 19.4. The third-order valence-electron chi connectivity index (χ3n) is 5.13. The molecule has 1 aliphatic rings. The van der Waals surface area contributed by atoms with Gasteiger partial charge in [-0.25, -0.2) is 4.39 Å². The number of aromatic hydroxyl groups is 1. The van der Waals surface area contributed by atoms with E-state index in [1.54, 1.807) is 24.1 Å². The molecule has 5 nitrogen and oxygen atoms in total. The molecule has 0 bridgehead atoms. The van der Waals surface area contributed by atoms with Gasteiger partial charge in [-0.15, -0.1) is 0 Å². The molecule has 144 valence electrons. The number of halogens is 1. The normalized spacial score (nSPS) is 16.2. The molecule has 1 atom stereocenters. The maximum atomic E-state index is 13.3. The van der Waals surface area contributed by atoms with Crippen LogP contribution in [-0.2, 0) is 11.3 Å². The lowest BCUT2D eigenvalue weighted by molar-refractivity contribution is -0.135. The molecule has 2 aromatic rings. The van der Waals surface area contributed by atoms with E-state index in [4.69, 9.17) is 0 Å². The van der Waals surface area contributed by atoms with E-state index in [1.807, 2.05) is 31.2 Å². The summed E-state index contributed by atoms with van der Waals surface area (Å²) in [5.74, 6) is 0.0156. The van der Waals surface area contributed by atoms with E-state index >= 15 is 0 Å². The Morgan fingerprint density at radius 2 is 1.85 bits per heavy atom. The number of anilines is 1. The Hall–Kier alpha value is -2.60. The fraction of sp³-hybridized carbons (Fsp3) is 0.381. The van der Waals surface area contributed by atoms with Gasteiger partial charge in [-0.3, -0.25) is 9.69 Å². The van der Waals surface area contributed by atoms with Gasteiger partial charge >= 0.3 is 0 Å². The first-order valence-electron chi connectivity index (χ1n) is 9.22. The van der Waals surface area contributed by atoms with Crippen molar-refractivity contribution in [3.05, 3.63) is 59.9 Å². The van der Waals surface area contributed by atoms with Crippen molar-refractivity contribution < 1.29 is 14.3 Å². The summed E-state index contributed by atoms with van der Waals surface area (Å²) in [6, 6.07) is 13.4. The zero-order valence-electron chi connectivity index (χ0n) is 15.8. The number of likely N-dealkylation sites (N-methyl/N-ethyl adjacent to an activating group) is 1. The van der Waals surface area contributed by atoms with E-state index in [0.717, 1.165) is 37.4 Å². The molecular formula is C21H26FN3O2. The Balaban J connectivity index is 1.56. The molecule has 0 spiro atoms. The number of piperazine rings is 1. The summed E-state index contributed by atoms with van der Waals surface area (Å²) < 4.78 is 13.3. The summed E-state index contributed by atoms with van der Waals surface area (Å²) in [7, 11) is 1.75. The third-order valence-corrected chi connectivity index (χ3v) is 5.13. The number of para-hydroxylation sites is 2. The second-order valence-electron chi connectivity index (χ2n) is 7.01. The van der Waals surface area contributed by atoms with Crippen LogP contribution in [0.15, 0.2) is 48.5 Å². The van der Waals surface area contributed by atoms with Crippen LogP contribution in [0.5, 0.6) is 5.75 Å². The number of nitrogens with zero attached hydrogens (tertiary/aromatic N) is 3. The van der Waals surface area contributed by atoms with Gasteiger partial charge in [0.05, 0.1) is 11.7 Å². The van der Waals surface area contributed by atoms with Gasteiger partial charge in [0.15, 0.2) is 0 Å². The van der Waals surface area contributed by atoms with Crippen LogP contribution in [0.25, 0.3) is 0 Å². The highest BCUT2D eigenvalue weighted by molar-refractivity contribution is 5.81. The third kappa shape index (κ3) is 4.57. The molecule has 1 N–H and O–H groups in total. The number of carbonyl (C=O) groups excluding carboxylic acids is 1. The highest BCUT2D eigenvalue weighted by atomic mass is 19.1. The first-order chi connectivity index (χ1) is 13.0. The monoisotopic (exact) mass is 371 g/mol. The maximum Gasteiger partial charge on any atom is 0.239 e. The van der Waals surface area contributed by atoms with Crippen molar-refractivity contribution in [2.24, 2.45) is 0 Å². The maximum absolute atomic E-state index is 13.3. The lowest BCUT2D eigenvalue weighted by Gasteiger charge is -2.39. The van der Waals surface area contributed by atoms with Crippen LogP contribution < -0.4 is 4.90 Å². The quantitative estimate of drug-likeness (QED) is 0.878. The van der Waals surface area contributed by atoms with Crippen molar-refractivity contribution in [3.63, 3.8) is 0 Å². The fourth-order valence-corrected chi connectivity index (χ4v) is 3.54. The van der Waals surface area contributed by atoms with Crippen LogP contribution >= 0.6 is 0 Å². The number of rotatable bonds is 5. The number of carbonyl (C=O) groups is 1. The van der Waals surface area contributed by atoms with E-state index in [2.05, 4.69) is 9.80 Å². The molecule has 0 aliphatic carbocycles. The Bertz CT molecular complexity index is 791. The predicted octanol–water partition coefficient (Wildman–Crippen LogP) is 2.70. The molecule has 1 saturated heterocycles. The van der Waals surface area contributed by atoms with Gasteiger partial charge in [0.25, 0.3) is 0 Å². The first-order valence-corrected chi connectivity index (χ1v) is 9.22. The molecule has 0 unspecified atom stereocenters.